The van der Waals surface area contributed by atoms with Crippen LogP contribution in [0.2, 0.25) is 5.02 Å². The molecule has 1 heterocycles. The average Bonchev–Trinajstić information content (AvgIpc) is 2.88. The van der Waals surface area contributed by atoms with Gasteiger partial charge in [-0.1, -0.05) is 48.0 Å². The maximum Gasteiger partial charge on any atom is 0.0408 e. The first-order valence-corrected chi connectivity index (χ1v) is 8.16. The molecule has 3 unspecified atom stereocenters. The summed E-state index contributed by atoms with van der Waals surface area (Å²) in [5.74, 6) is 1.18. The van der Waals surface area contributed by atoms with Gasteiger partial charge in [-0.3, -0.25) is 0 Å². The molecule has 0 amide bonds. The molecule has 0 bridgehead atoms. The van der Waals surface area contributed by atoms with Gasteiger partial charge in [0.15, 0.2) is 0 Å². The summed E-state index contributed by atoms with van der Waals surface area (Å²) in [6.07, 6.45) is 2.50. The monoisotopic (exact) mass is 297 g/mol. The predicted octanol–water partition coefficient (Wildman–Crippen LogP) is 4.66. The van der Waals surface area contributed by atoms with Crippen molar-refractivity contribution in [3.8, 4) is 0 Å². The summed E-state index contributed by atoms with van der Waals surface area (Å²) in [6.45, 7) is 1.21. The molecule has 1 saturated heterocycles. The molecule has 2 aromatic rings. The smallest absolute Gasteiger partial charge is 0.0408 e. The molecule has 1 fully saturated rings. The summed E-state index contributed by atoms with van der Waals surface area (Å²) in [6, 6.07) is 18.1. The van der Waals surface area contributed by atoms with E-state index in [-0.39, 0.29) is 0 Å². The van der Waals surface area contributed by atoms with E-state index in [1.54, 1.807) is 5.56 Å². The summed E-state index contributed by atoms with van der Waals surface area (Å²) in [5.41, 5.74) is 4.42. The maximum atomic E-state index is 6.22. The number of halogens is 1. The van der Waals surface area contributed by atoms with E-state index in [9.17, 15) is 0 Å². The lowest BCUT2D eigenvalue weighted by molar-refractivity contribution is 0.265. The van der Waals surface area contributed by atoms with Gasteiger partial charge >= 0.3 is 0 Å². The van der Waals surface area contributed by atoms with Crippen LogP contribution in [0.5, 0.6) is 0 Å². The van der Waals surface area contributed by atoms with E-state index in [0.717, 1.165) is 5.02 Å². The number of benzene rings is 2. The molecule has 0 saturated carbocycles. The predicted molar refractivity (Wildman–Crippen MR) is 88.1 cm³/mol. The average molecular weight is 298 g/mol. The number of likely N-dealkylation sites (tertiary alicyclic amines) is 1. The maximum absolute atomic E-state index is 6.22. The third-order valence-corrected chi connectivity index (χ3v) is 5.56. The molecule has 1 nitrogen and oxygen atoms in total. The summed E-state index contributed by atoms with van der Waals surface area (Å²) in [5, 5.41) is 0.840. The van der Waals surface area contributed by atoms with Crippen LogP contribution in [0.1, 0.15) is 41.4 Å². The zero-order chi connectivity index (χ0) is 14.4. The van der Waals surface area contributed by atoms with E-state index in [4.69, 9.17) is 11.6 Å². The lowest BCUT2D eigenvalue weighted by Crippen LogP contribution is -2.34. The van der Waals surface area contributed by atoms with E-state index >= 15 is 0 Å². The fraction of sp³-hybridized carbons (Fsp3) is 0.368. The topological polar surface area (TPSA) is 3.24 Å². The van der Waals surface area contributed by atoms with Crippen LogP contribution in [0, 0.1) is 0 Å². The molecule has 2 heteroatoms. The van der Waals surface area contributed by atoms with E-state index in [1.807, 2.05) is 6.07 Å². The Kier molecular flexibility index (Phi) is 3.28. The first-order valence-electron chi connectivity index (χ1n) is 7.78. The molecule has 0 N–H and O–H groups in total. The van der Waals surface area contributed by atoms with Crippen molar-refractivity contribution in [3.63, 3.8) is 0 Å². The van der Waals surface area contributed by atoms with Gasteiger partial charge in [-0.15, -0.1) is 0 Å². The summed E-state index contributed by atoms with van der Waals surface area (Å²) < 4.78 is 0. The first-order chi connectivity index (χ1) is 10.2. The van der Waals surface area contributed by atoms with Gasteiger partial charge in [-0.05, 0) is 55.3 Å². The van der Waals surface area contributed by atoms with Crippen LogP contribution in [0.25, 0.3) is 0 Å². The summed E-state index contributed by atoms with van der Waals surface area (Å²) in [7, 11) is 2.27. The van der Waals surface area contributed by atoms with Crippen molar-refractivity contribution in [2.45, 2.75) is 30.7 Å². The Morgan fingerprint density at radius 1 is 1.05 bits per heavy atom. The Bertz CT molecular complexity index is 666. The van der Waals surface area contributed by atoms with Crippen LogP contribution in [0.15, 0.2) is 48.5 Å². The third kappa shape index (κ3) is 2.20. The second-order valence-electron chi connectivity index (χ2n) is 6.42. The van der Waals surface area contributed by atoms with Gasteiger partial charge in [0, 0.05) is 22.9 Å². The minimum Gasteiger partial charge on any atom is -0.303 e. The van der Waals surface area contributed by atoms with E-state index < -0.39 is 0 Å². The van der Waals surface area contributed by atoms with Crippen molar-refractivity contribution in [2.24, 2.45) is 0 Å². The van der Waals surface area contributed by atoms with Crippen molar-refractivity contribution < 1.29 is 0 Å². The van der Waals surface area contributed by atoms with E-state index in [2.05, 4.69) is 54.4 Å². The van der Waals surface area contributed by atoms with Crippen molar-refractivity contribution in [1.82, 2.24) is 4.90 Å². The van der Waals surface area contributed by atoms with Crippen molar-refractivity contribution in [1.29, 1.82) is 0 Å². The number of likely N-dealkylation sites (N-methyl/N-ethyl adjacent to an activating group) is 1. The Hall–Kier alpha value is -1.31. The number of hydrogen-bond acceptors (Lipinski definition) is 1. The van der Waals surface area contributed by atoms with Crippen LogP contribution < -0.4 is 0 Å². The molecule has 2 aromatic carbocycles. The highest BCUT2D eigenvalue weighted by atomic mass is 35.5. The van der Waals surface area contributed by atoms with Gasteiger partial charge in [0.2, 0.25) is 0 Å². The van der Waals surface area contributed by atoms with Gasteiger partial charge in [-0.25, -0.2) is 0 Å². The number of hydrogen-bond donors (Lipinski definition) is 0. The van der Waals surface area contributed by atoms with E-state index in [0.29, 0.717) is 17.9 Å². The van der Waals surface area contributed by atoms with Gasteiger partial charge in [0.05, 0.1) is 0 Å². The Morgan fingerprint density at radius 3 is 2.67 bits per heavy atom. The molecule has 0 aromatic heterocycles. The quantitative estimate of drug-likeness (QED) is 0.740. The zero-order valence-electron chi connectivity index (χ0n) is 12.3. The molecule has 4 rings (SSSR count). The molecular formula is C19H20ClN. The molecule has 0 spiro atoms. The highest BCUT2D eigenvalue weighted by molar-refractivity contribution is 6.30. The van der Waals surface area contributed by atoms with Gasteiger partial charge in [0.1, 0.15) is 0 Å². The minimum atomic E-state index is 0.474. The fourth-order valence-electron chi connectivity index (χ4n) is 4.29. The Labute approximate surface area is 131 Å². The highest BCUT2D eigenvalue weighted by Crippen LogP contribution is 2.47. The lowest BCUT2D eigenvalue weighted by atomic mass is 9.71. The van der Waals surface area contributed by atoms with Crippen LogP contribution in [-0.4, -0.2) is 24.5 Å². The van der Waals surface area contributed by atoms with Crippen LogP contribution in [0.4, 0.5) is 0 Å². The number of fused-ring (bicyclic) bond motifs is 3. The van der Waals surface area contributed by atoms with Crippen LogP contribution in [-0.2, 0) is 0 Å². The summed E-state index contributed by atoms with van der Waals surface area (Å²) in [4.78, 5) is 2.54. The molecule has 1 aliphatic heterocycles. The molecule has 108 valence electrons. The second-order valence-corrected chi connectivity index (χ2v) is 6.85. The fourth-order valence-corrected chi connectivity index (χ4v) is 4.49. The standard InChI is InChI=1S/C19H20ClN/c1-21-10-9-17-15-7-2-3-8-16(15)18(12-19(17)21)13-5-4-6-14(20)11-13/h2-8,11,17-19H,9-10,12H2,1H3. The van der Waals surface area contributed by atoms with Crippen LogP contribution >= 0.6 is 11.6 Å². The summed E-state index contributed by atoms with van der Waals surface area (Å²) >= 11 is 6.22. The Balaban J connectivity index is 1.83. The van der Waals surface area contributed by atoms with Gasteiger partial charge in [0.25, 0.3) is 0 Å². The van der Waals surface area contributed by atoms with E-state index in [1.165, 1.54) is 30.5 Å². The molecule has 2 aliphatic rings. The zero-order valence-corrected chi connectivity index (χ0v) is 13.1. The molecule has 21 heavy (non-hydrogen) atoms. The lowest BCUT2D eigenvalue weighted by Gasteiger charge is -2.37. The van der Waals surface area contributed by atoms with Gasteiger partial charge in [-0.2, -0.15) is 0 Å². The Morgan fingerprint density at radius 2 is 1.86 bits per heavy atom. The minimum absolute atomic E-state index is 0.474. The molecular weight excluding hydrogens is 278 g/mol. The molecule has 0 radical (unpaired) electrons. The normalized spacial score (nSPS) is 28.2. The SMILES string of the molecule is CN1CCC2c3ccccc3C(c3cccc(Cl)c3)CC21. The van der Waals surface area contributed by atoms with Crippen LogP contribution in [0.3, 0.4) is 0 Å². The number of rotatable bonds is 1. The third-order valence-electron chi connectivity index (χ3n) is 5.32. The highest BCUT2D eigenvalue weighted by Gasteiger charge is 2.40. The first kappa shape index (κ1) is 13.4. The largest absolute Gasteiger partial charge is 0.303 e. The van der Waals surface area contributed by atoms with Crippen molar-refractivity contribution >= 4 is 11.6 Å². The number of nitrogens with zero attached hydrogens (tertiary/aromatic N) is 1. The molecule has 3 atom stereocenters. The van der Waals surface area contributed by atoms with Crippen molar-refractivity contribution in [2.75, 3.05) is 13.6 Å². The van der Waals surface area contributed by atoms with Crippen molar-refractivity contribution in [3.05, 3.63) is 70.2 Å². The second kappa shape index (κ2) is 5.15. The van der Waals surface area contributed by atoms with Gasteiger partial charge < -0.3 is 4.90 Å². The molecule has 1 aliphatic carbocycles.